The molecule has 1 aromatic heterocycles. The third-order valence-corrected chi connectivity index (χ3v) is 1.07. The van der Waals surface area contributed by atoms with Crippen LogP contribution in [0.1, 0.15) is 11.5 Å². The van der Waals surface area contributed by atoms with E-state index in [1.54, 1.807) is 6.07 Å². The van der Waals surface area contributed by atoms with Gasteiger partial charge in [-0.05, 0) is 6.07 Å². The van der Waals surface area contributed by atoms with Gasteiger partial charge in [-0.3, -0.25) is 0 Å². The van der Waals surface area contributed by atoms with Gasteiger partial charge >= 0.3 is 0 Å². The molecule has 4 heteroatoms. The van der Waals surface area contributed by atoms with E-state index in [0.29, 0.717) is 11.5 Å². The van der Waals surface area contributed by atoms with Crippen molar-refractivity contribution >= 4 is 0 Å². The lowest BCUT2D eigenvalue weighted by Crippen LogP contribution is -1.97. The van der Waals surface area contributed by atoms with Crippen LogP contribution < -0.4 is 0 Å². The minimum atomic E-state index is -0.187. The molecule has 10 heavy (non-hydrogen) atoms. The molecule has 0 spiro atoms. The smallest absolute Gasteiger partial charge is 0.153 e. The molecule has 0 saturated heterocycles. The molecule has 54 valence electrons. The summed E-state index contributed by atoms with van der Waals surface area (Å²) in [6.45, 7) is -0.302. The zero-order valence-electron chi connectivity index (χ0n) is 5.36. The van der Waals surface area contributed by atoms with Gasteiger partial charge in [0, 0.05) is 6.20 Å². The van der Waals surface area contributed by atoms with Gasteiger partial charge in [-0.15, -0.1) is 0 Å². The zero-order valence-corrected chi connectivity index (χ0v) is 5.36. The third-order valence-electron chi connectivity index (χ3n) is 1.07. The summed E-state index contributed by atoms with van der Waals surface area (Å²) in [7, 11) is 0. The fraction of sp³-hybridized carbons (Fsp3) is 0.333. The van der Waals surface area contributed by atoms with E-state index in [4.69, 9.17) is 10.2 Å². The van der Waals surface area contributed by atoms with Crippen molar-refractivity contribution in [1.82, 2.24) is 9.97 Å². The average molecular weight is 140 g/mol. The number of aliphatic hydroxyl groups is 2. The second-order valence-corrected chi connectivity index (χ2v) is 1.78. The molecule has 0 aromatic carbocycles. The Balaban J connectivity index is 2.87. The van der Waals surface area contributed by atoms with Crippen molar-refractivity contribution in [3.63, 3.8) is 0 Å². The number of hydrogen-bond acceptors (Lipinski definition) is 4. The topological polar surface area (TPSA) is 66.2 Å². The van der Waals surface area contributed by atoms with Gasteiger partial charge in [-0.1, -0.05) is 0 Å². The van der Waals surface area contributed by atoms with Crippen LogP contribution in [0.2, 0.25) is 0 Å². The number of hydrogen-bond donors (Lipinski definition) is 2. The molecular weight excluding hydrogens is 132 g/mol. The van der Waals surface area contributed by atoms with Crippen molar-refractivity contribution in [2.45, 2.75) is 13.2 Å². The monoisotopic (exact) mass is 140 g/mol. The first-order chi connectivity index (χ1) is 4.86. The van der Waals surface area contributed by atoms with E-state index >= 15 is 0 Å². The Hall–Kier alpha value is -1.00. The van der Waals surface area contributed by atoms with E-state index in [-0.39, 0.29) is 13.2 Å². The standard InChI is InChI=1S/C6H8N2O2/c9-3-5-1-2-7-6(4-10)8-5/h1-2,9-10H,3-4H2. The molecule has 0 unspecified atom stereocenters. The summed E-state index contributed by atoms with van der Waals surface area (Å²) in [6.07, 6.45) is 1.50. The zero-order chi connectivity index (χ0) is 7.40. The minimum Gasteiger partial charge on any atom is -0.390 e. The Bertz CT molecular complexity index is 195. The number of nitrogens with zero attached hydrogens (tertiary/aromatic N) is 2. The first kappa shape index (κ1) is 7.11. The van der Waals surface area contributed by atoms with Crippen LogP contribution in [0.25, 0.3) is 0 Å². The van der Waals surface area contributed by atoms with Crippen LogP contribution in [0.5, 0.6) is 0 Å². The van der Waals surface area contributed by atoms with E-state index in [1.807, 2.05) is 0 Å². The summed E-state index contributed by atoms with van der Waals surface area (Å²) in [5.41, 5.74) is 0.527. The maximum Gasteiger partial charge on any atom is 0.153 e. The van der Waals surface area contributed by atoms with E-state index in [9.17, 15) is 0 Å². The lowest BCUT2D eigenvalue weighted by molar-refractivity contribution is 0.261. The summed E-state index contributed by atoms with van der Waals surface area (Å²) in [6, 6.07) is 1.60. The van der Waals surface area contributed by atoms with E-state index in [2.05, 4.69) is 9.97 Å². The van der Waals surface area contributed by atoms with Crippen molar-refractivity contribution in [2.24, 2.45) is 0 Å². The lowest BCUT2D eigenvalue weighted by atomic mass is 10.4. The first-order valence-electron chi connectivity index (χ1n) is 2.89. The fourth-order valence-corrected chi connectivity index (χ4v) is 0.605. The van der Waals surface area contributed by atoms with Crippen molar-refractivity contribution in [3.05, 3.63) is 23.8 Å². The van der Waals surface area contributed by atoms with Crippen LogP contribution >= 0.6 is 0 Å². The molecule has 0 saturated carbocycles. The Morgan fingerprint density at radius 3 is 2.70 bits per heavy atom. The predicted octanol–water partition coefficient (Wildman–Crippen LogP) is -0.539. The highest BCUT2D eigenvalue weighted by molar-refractivity contribution is 4.99. The summed E-state index contributed by atoms with van der Waals surface area (Å²) in [5.74, 6) is 0.339. The molecule has 2 N–H and O–H groups in total. The molecular formula is C6H8N2O2. The van der Waals surface area contributed by atoms with Gasteiger partial charge in [0.2, 0.25) is 0 Å². The number of aliphatic hydroxyl groups excluding tert-OH is 2. The molecule has 4 nitrogen and oxygen atoms in total. The molecule has 0 fully saturated rings. The van der Waals surface area contributed by atoms with Crippen molar-refractivity contribution < 1.29 is 10.2 Å². The average Bonchev–Trinajstić information content (AvgIpc) is 2.05. The molecule has 0 aliphatic carbocycles. The van der Waals surface area contributed by atoms with Gasteiger partial charge < -0.3 is 10.2 Å². The largest absolute Gasteiger partial charge is 0.390 e. The van der Waals surface area contributed by atoms with Crippen LogP contribution in [0, 0.1) is 0 Å². The van der Waals surface area contributed by atoms with Crippen LogP contribution in [-0.2, 0) is 13.2 Å². The SMILES string of the molecule is OCc1ccnc(CO)n1. The second kappa shape index (κ2) is 3.24. The predicted molar refractivity (Wildman–Crippen MR) is 33.9 cm³/mol. The minimum absolute atomic E-state index is 0.116. The number of aromatic nitrogens is 2. The van der Waals surface area contributed by atoms with Crippen LogP contribution in [0.4, 0.5) is 0 Å². The van der Waals surface area contributed by atoms with Crippen LogP contribution in [0.15, 0.2) is 12.3 Å². The van der Waals surface area contributed by atoms with E-state index in [0.717, 1.165) is 0 Å². The molecule has 1 heterocycles. The number of rotatable bonds is 2. The van der Waals surface area contributed by atoms with Crippen LogP contribution in [-0.4, -0.2) is 20.2 Å². The molecule has 0 aliphatic heterocycles. The van der Waals surface area contributed by atoms with Crippen molar-refractivity contribution in [3.8, 4) is 0 Å². The van der Waals surface area contributed by atoms with Gasteiger partial charge in [0.25, 0.3) is 0 Å². The molecule has 0 aliphatic rings. The Labute approximate surface area is 58.2 Å². The Kier molecular flexibility index (Phi) is 2.30. The summed E-state index contributed by atoms with van der Waals surface area (Å²) >= 11 is 0. The lowest BCUT2D eigenvalue weighted by Gasteiger charge is -1.95. The van der Waals surface area contributed by atoms with Gasteiger partial charge in [-0.25, -0.2) is 9.97 Å². The van der Waals surface area contributed by atoms with Crippen molar-refractivity contribution in [1.29, 1.82) is 0 Å². The summed E-state index contributed by atoms with van der Waals surface area (Å²) in [4.78, 5) is 7.53. The Morgan fingerprint density at radius 1 is 1.30 bits per heavy atom. The summed E-state index contributed by atoms with van der Waals surface area (Å²) < 4.78 is 0. The molecule has 1 aromatic rings. The van der Waals surface area contributed by atoms with Gasteiger partial charge in [0.1, 0.15) is 6.61 Å². The van der Waals surface area contributed by atoms with Gasteiger partial charge in [0.05, 0.1) is 12.3 Å². The highest BCUT2D eigenvalue weighted by Crippen LogP contribution is 1.93. The molecule has 0 atom stereocenters. The normalized spacial score (nSPS) is 9.80. The van der Waals surface area contributed by atoms with Gasteiger partial charge in [0.15, 0.2) is 5.82 Å². The quantitative estimate of drug-likeness (QED) is 0.579. The Morgan fingerprint density at radius 2 is 2.10 bits per heavy atom. The highest BCUT2D eigenvalue weighted by atomic mass is 16.3. The van der Waals surface area contributed by atoms with E-state index < -0.39 is 0 Å². The highest BCUT2D eigenvalue weighted by Gasteiger charge is 1.94. The maximum absolute atomic E-state index is 8.59. The first-order valence-corrected chi connectivity index (χ1v) is 2.89. The molecule has 0 amide bonds. The maximum atomic E-state index is 8.59. The van der Waals surface area contributed by atoms with E-state index in [1.165, 1.54) is 6.20 Å². The molecule has 1 rings (SSSR count). The molecule has 0 radical (unpaired) electrons. The second-order valence-electron chi connectivity index (χ2n) is 1.78. The summed E-state index contributed by atoms with van der Waals surface area (Å²) in [5, 5.41) is 17.1. The third kappa shape index (κ3) is 1.49. The van der Waals surface area contributed by atoms with Gasteiger partial charge in [-0.2, -0.15) is 0 Å². The molecule has 0 bridgehead atoms. The fourth-order valence-electron chi connectivity index (χ4n) is 0.605. The van der Waals surface area contributed by atoms with Crippen LogP contribution in [0.3, 0.4) is 0 Å². The van der Waals surface area contributed by atoms with Crippen molar-refractivity contribution in [2.75, 3.05) is 0 Å².